The summed E-state index contributed by atoms with van der Waals surface area (Å²) < 4.78 is 0. The Morgan fingerprint density at radius 1 is 1.14 bits per heavy atom. The van der Waals surface area contributed by atoms with Crippen molar-refractivity contribution in [3.63, 3.8) is 0 Å². The highest BCUT2D eigenvalue weighted by Gasteiger charge is 2.28. The van der Waals surface area contributed by atoms with Crippen LogP contribution in [-0.4, -0.2) is 5.11 Å². The summed E-state index contributed by atoms with van der Waals surface area (Å²) in [6, 6.07) is 12.5. The van der Waals surface area contributed by atoms with E-state index in [1.165, 1.54) is 11.1 Å². The standard InChI is InChI=1S/C19H21ClO/c1-12-11-18(20)13(2)10-17(12)19(21)16-9-5-7-14-6-3-4-8-15(14)16/h3-4,6,8,10-11,16,19,21H,5,7,9H2,1-2H3. The van der Waals surface area contributed by atoms with Gasteiger partial charge >= 0.3 is 0 Å². The minimum absolute atomic E-state index is 0.189. The molecule has 0 amide bonds. The Labute approximate surface area is 131 Å². The van der Waals surface area contributed by atoms with Gasteiger partial charge in [-0.15, -0.1) is 0 Å². The van der Waals surface area contributed by atoms with Crippen molar-refractivity contribution in [2.24, 2.45) is 0 Å². The molecule has 2 unspecified atom stereocenters. The summed E-state index contributed by atoms with van der Waals surface area (Å²) >= 11 is 6.18. The lowest BCUT2D eigenvalue weighted by Crippen LogP contribution is -2.18. The van der Waals surface area contributed by atoms with Gasteiger partial charge in [-0.2, -0.15) is 0 Å². The van der Waals surface area contributed by atoms with E-state index in [1.54, 1.807) is 0 Å². The van der Waals surface area contributed by atoms with Gasteiger partial charge in [0.1, 0.15) is 0 Å². The van der Waals surface area contributed by atoms with Crippen LogP contribution in [0.5, 0.6) is 0 Å². The highest BCUT2D eigenvalue weighted by Crippen LogP contribution is 2.41. The first kappa shape index (κ1) is 14.6. The van der Waals surface area contributed by atoms with E-state index in [-0.39, 0.29) is 5.92 Å². The minimum Gasteiger partial charge on any atom is -0.388 e. The van der Waals surface area contributed by atoms with Gasteiger partial charge in [-0.05, 0) is 67.0 Å². The molecule has 2 heteroatoms. The Kier molecular flexibility index (Phi) is 4.05. The van der Waals surface area contributed by atoms with Gasteiger partial charge in [0, 0.05) is 10.9 Å². The average Bonchev–Trinajstić information content (AvgIpc) is 2.49. The van der Waals surface area contributed by atoms with Gasteiger partial charge in [-0.3, -0.25) is 0 Å². The second-order valence-corrected chi connectivity index (χ2v) is 6.51. The number of aryl methyl sites for hydroxylation is 3. The van der Waals surface area contributed by atoms with Crippen LogP contribution in [0, 0.1) is 13.8 Å². The van der Waals surface area contributed by atoms with Gasteiger partial charge in [0.05, 0.1) is 6.10 Å². The number of fused-ring (bicyclic) bond motifs is 1. The number of benzene rings is 2. The summed E-state index contributed by atoms with van der Waals surface area (Å²) in [6.45, 7) is 4.02. The van der Waals surface area contributed by atoms with Crippen LogP contribution in [0.4, 0.5) is 0 Å². The van der Waals surface area contributed by atoms with Crippen molar-refractivity contribution in [2.45, 2.75) is 45.1 Å². The van der Waals surface area contributed by atoms with Crippen molar-refractivity contribution >= 4 is 11.6 Å². The molecule has 0 radical (unpaired) electrons. The summed E-state index contributed by atoms with van der Waals surface area (Å²) in [5, 5.41) is 11.7. The molecule has 0 fully saturated rings. The summed E-state index contributed by atoms with van der Waals surface area (Å²) in [7, 11) is 0. The predicted octanol–water partition coefficient (Wildman–Crippen LogP) is 5.11. The fourth-order valence-corrected chi connectivity index (χ4v) is 3.68. The predicted molar refractivity (Wildman–Crippen MR) is 88.0 cm³/mol. The molecular weight excluding hydrogens is 280 g/mol. The van der Waals surface area contributed by atoms with Gasteiger partial charge < -0.3 is 5.11 Å². The van der Waals surface area contributed by atoms with E-state index in [2.05, 4.69) is 24.3 Å². The molecule has 3 rings (SSSR count). The first-order valence-corrected chi connectivity index (χ1v) is 7.98. The minimum atomic E-state index is -0.456. The zero-order chi connectivity index (χ0) is 15.0. The third-order valence-corrected chi connectivity index (χ3v) is 5.07. The van der Waals surface area contributed by atoms with Crippen molar-refractivity contribution in [3.05, 3.63) is 69.2 Å². The highest BCUT2D eigenvalue weighted by molar-refractivity contribution is 6.31. The lowest BCUT2D eigenvalue weighted by atomic mass is 9.77. The number of aliphatic hydroxyl groups excluding tert-OH is 1. The molecule has 21 heavy (non-hydrogen) atoms. The SMILES string of the molecule is Cc1cc(C(O)C2CCCc3ccccc32)c(C)cc1Cl. The fraction of sp³-hybridized carbons (Fsp3) is 0.368. The molecular formula is C19H21ClO. The number of aliphatic hydroxyl groups is 1. The van der Waals surface area contributed by atoms with E-state index in [0.717, 1.165) is 41.0 Å². The van der Waals surface area contributed by atoms with Crippen LogP contribution >= 0.6 is 11.6 Å². The maximum Gasteiger partial charge on any atom is 0.0861 e. The molecule has 1 aliphatic rings. The first-order valence-electron chi connectivity index (χ1n) is 7.60. The molecule has 2 aromatic carbocycles. The summed E-state index contributed by atoms with van der Waals surface area (Å²) in [5.41, 5.74) is 5.81. The zero-order valence-corrected chi connectivity index (χ0v) is 13.3. The van der Waals surface area contributed by atoms with Crippen LogP contribution in [0.2, 0.25) is 5.02 Å². The summed E-state index contributed by atoms with van der Waals surface area (Å²) in [5.74, 6) is 0.189. The largest absolute Gasteiger partial charge is 0.388 e. The molecule has 0 saturated heterocycles. The van der Waals surface area contributed by atoms with Crippen LogP contribution in [0.3, 0.4) is 0 Å². The Morgan fingerprint density at radius 3 is 2.71 bits per heavy atom. The number of hydrogen-bond acceptors (Lipinski definition) is 1. The average molecular weight is 301 g/mol. The van der Waals surface area contributed by atoms with Gasteiger partial charge in [0.25, 0.3) is 0 Å². The Hall–Kier alpha value is -1.31. The molecule has 1 nitrogen and oxygen atoms in total. The molecule has 2 atom stereocenters. The van der Waals surface area contributed by atoms with Gasteiger partial charge in [-0.25, -0.2) is 0 Å². The Morgan fingerprint density at radius 2 is 1.90 bits per heavy atom. The Bertz CT molecular complexity index is 663. The molecule has 0 saturated carbocycles. The number of halogens is 1. The zero-order valence-electron chi connectivity index (χ0n) is 12.6. The maximum absolute atomic E-state index is 10.9. The maximum atomic E-state index is 10.9. The monoisotopic (exact) mass is 300 g/mol. The topological polar surface area (TPSA) is 20.2 Å². The van der Waals surface area contributed by atoms with Crippen molar-refractivity contribution < 1.29 is 5.11 Å². The molecule has 0 spiro atoms. The van der Waals surface area contributed by atoms with Gasteiger partial charge in [0.15, 0.2) is 0 Å². The molecule has 0 bridgehead atoms. The van der Waals surface area contributed by atoms with Crippen molar-refractivity contribution in [3.8, 4) is 0 Å². The van der Waals surface area contributed by atoms with E-state index in [4.69, 9.17) is 11.6 Å². The molecule has 2 aromatic rings. The smallest absolute Gasteiger partial charge is 0.0861 e. The third-order valence-electron chi connectivity index (χ3n) is 4.66. The second-order valence-electron chi connectivity index (χ2n) is 6.10. The van der Waals surface area contributed by atoms with E-state index >= 15 is 0 Å². The lowest BCUT2D eigenvalue weighted by molar-refractivity contribution is 0.135. The van der Waals surface area contributed by atoms with Crippen LogP contribution in [0.1, 0.15) is 52.7 Å². The van der Waals surface area contributed by atoms with Gasteiger partial charge in [0.2, 0.25) is 0 Å². The molecule has 0 aromatic heterocycles. The first-order chi connectivity index (χ1) is 10.1. The highest BCUT2D eigenvalue weighted by atomic mass is 35.5. The van der Waals surface area contributed by atoms with E-state index in [9.17, 15) is 5.11 Å². The van der Waals surface area contributed by atoms with Crippen LogP contribution < -0.4 is 0 Å². The number of hydrogen-bond donors (Lipinski definition) is 1. The van der Waals surface area contributed by atoms with E-state index in [0.29, 0.717) is 0 Å². The van der Waals surface area contributed by atoms with Crippen LogP contribution in [0.15, 0.2) is 36.4 Å². The third kappa shape index (κ3) is 2.73. The summed E-state index contributed by atoms with van der Waals surface area (Å²) in [4.78, 5) is 0. The van der Waals surface area contributed by atoms with E-state index < -0.39 is 6.10 Å². The van der Waals surface area contributed by atoms with Crippen LogP contribution in [0.25, 0.3) is 0 Å². The molecule has 1 aliphatic carbocycles. The second kappa shape index (κ2) is 5.82. The molecule has 0 heterocycles. The van der Waals surface area contributed by atoms with Crippen molar-refractivity contribution in [2.75, 3.05) is 0 Å². The van der Waals surface area contributed by atoms with Crippen molar-refractivity contribution in [1.82, 2.24) is 0 Å². The molecule has 0 aliphatic heterocycles. The molecule has 110 valence electrons. The van der Waals surface area contributed by atoms with Crippen LogP contribution in [-0.2, 0) is 6.42 Å². The fourth-order valence-electron chi connectivity index (χ4n) is 3.46. The summed E-state index contributed by atoms with van der Waals surface area (Å²) in [6.07, 6.45) is 2.85. The lowest BCUT2D eigenvalue weighted by Gasteiger charge is -2.30. The number of rotatable bonds is 2. The quantitative estimate of drug-likeness (QED) is 0.817. The normalized spacial score (nSPS) is 19.1. The molecule has 1 N–H and O–H groups in total. The van der Waals surface area contributed by atoms with Gasteiger partial charge in [-0.1, -0.05) is 41.9 Å². The Balaban J connectivity index is 2.00. The van der Waals surface area contributed by atoms with Crippen molar-refractivity contribution in [1.29, 1.82) is 0 Å². The van der Waals surface area contributed by atoms with E-state index in [1.807, 2.05) is 26.0 Å².